The molecular weight excluding hydrogens is 362 g/mol. The second-order valence-electron chi connectivity index (χ2n) is 6.75. The van der Waals surface area contributed by atoms with E-state index >= 15 is 0 Å². The summed E-state index contributed by atoms with van der Waals surface area (Å²) < 4.78 is 27.1. The Morgan fingerprint density at radius 1 is 1.04 bits per heavy atom. The number of benzene rings is 2. The van der Waals surface area contributed by atoms with Crippen LogP contribution in [0.25, 0.3) is 0 Å². The number of hydrogen-bond donors (Lipinski definition) is 1. The number of carbonyl (C=O) groups is 1. The van der Waals surface area contributed by atoms with Crippen molar-refractivity contribution in [3.63, 3.8) is 0 Å². The molecule has 7 heteroatoms. The Balaban J connectivity index is 2.16. The smallest absolute Gasteiger partial charge is 0.264 e. The van der Waals surface area contributed by atoms with E-state index in [1.807, 2.05) is 38.1 Å². The number of aryl methyl sites for hydroxylation is 1. The highest BCUT2D eigenvalue weighted by atomic mass is 32.2. The molecule has 27 heavy (non-hydrogen) atoms. The van der Waals surface area contributed by atoms with Gasteiger partial charge in [0.05, 0.1) is 10.6 Å². The van der Waals surface area contributed by atoms with E-state index in [0.29, 0.717) is 17.8 Å². The average molecular weight is 390 g/mol. The van der Waals surface area contributed by atoms with E-state index < -0.39 is 10.0 Å². The molecule has 0 aromatic heterocycles. The minimum atomic E-state index is -3.75. The summed E-state index contributed by atoms with van der Waals surface area (Å²) in [4.78, 5) is 14.5. The summed E-state index contributed by atoms with van der Waals surface area (Å²) >= 11 is 0. The molecule has 0 saturated carbocycles. The summed E-state index contributed by atoms with van der Waals surface area (Å²) in [7, 11) is 1.70. The molecule has 0 aliphatic rings. The van der Waals surface area contributed by atoms with E-state index in [9.17, 15) is 13.2 Å². The monoisotopic (exact) mass is 389 g/mol. The van der Waals surface area contributed by atoms with Crippen LogP contribution in [0.1, 0.15) is 22.3 Å². The Morgan fingerprint density at radius 3 is 2.41 bits per heavy atom. The maximum absolute atomic E-state index is 12.9. The summed E-state index contributed by atoms with van der Waals surface area (Å²) in [6, 6.07) is 13.4. The largest absolute Gasteiger partial charge is 0.352 e. The lowest BCUT2D eigenvalue weighted by Crippen LogP contribution is -2.28. The second-order valence-corrected chi connectivity index (χ2v) is 8.72. The fraction of sp³-hybridized carbons (Fsp3) is 0.350. The summed E-state index contributed by atoms with van der Waals surface area (Å²) in [5.41, 5.74) is 1.88. The van der Waals surface area contributed by atoms with Crippen LogP contribution in [0.3, 0.4) is 0 Å². The second kappa shape index (κ2) is 9.01. The molecule has 2 aromatic carbocycles. The van der Waals surface area contributed by atoms with E-state index in [0.717, 1.165) is 18.5 Å². The zero-order valence-electron chi connectivity index (χ0n) is 16.3. The van der Waals surface area contributed by atoms with Crippen LogP contribution in [0.5, 0.6) is 0 Å². The Kier molecular flexibility index (Phi) is 6.98. The van der Waals surface area contributed by atoms with Crippen LogP contribution in [0, 0.1) is 6.92 Å². The lowest BCUT2D eigenvalue weighted by atomic mass is 10.2. The Morgan fingerprint density at radius 2 is 1.74 bits per heavy atom. The third kappa shape index (κ3) is 5.55. The summed E-state index contributed by atoms with van der Waals surface area (Å²) in [5, 5.41) is 2.83. The first-order valence-corrected chi connectivity index (χ1v) is 10.2. The van der Waals surface area contributed by atoms with Crippen molar-refractivity contribution >= 4 is 21.6 Å². The lowest BCUT2D eigenvalue weighted by Gasteiger charge is -2.20. The van der Waals surface area contributed by atoms with Crippen LogP contribution in [-0.4, -0.2) is 53.5 Å². The van der Waals surface area contributed by atoms with Crippen molar-refractivity contribution in [1.82, 2.24) is 10.2 Å². The third-order valence-electron chi connectivity index (χ3n) is 4.19. The van der Waals surface area contributed by atoms with Gasteiger partial charge in [0.25, 0.3) is 15.9 Å². The summed E-state index contributed by atoms with van der Waals surface area (Å²) in [6.45, 7) is 3.32. The van der Waals surface area contributed by atoms with Gasteiger partial charge in [-0.1, -0.05) is 18.2 Å². The molecule has 0 aliphatic carbocycles. The molecule has 0 spiro atoms. The molecule has 2 aromatic rings. The molecule has 0 aliphatic heterocycles. The van der Waals surface area contributed by atoms with Crippen LogP contribution in [0.4, 0.5) is 5.69 Å². The third-order valence-corrected chi connectivity index (χ3v) is 5.97. The van der Waals surface area contributed by atoms with Gasteiger partial charge in [-0.05, 0) is 69.9 Å². The number of carbonyl (C=O) groups excluding carboxylic acids is 1. The van der Waals surface area contributed by atoms with Crippen molar-refractivity contribution in [3.05, 3.63) is 59.7 Å². The molecule has 146 valence electrons. The number of anilines is 1. The van der Waals surface area contributed by atoms with Crippen LogP contribution in [0.2, 0.25) is 0 Å². The minimum Gasteiger partial charge on any atom is -0.352 e. The number of hydrogen-bond acceptors (Lipinski definition) is 4. The van der Waals surface area contributed by atoms with Gasteiger partial charge in [0, 0.05) is 19.2 Å². The van der Waals surface area contributed by atoms with E-state index in [-0.39, 0.29) is 10.8 Å². The molecule has 0 bridgehead atoms. The van der Waals surface area contributed by atoms with Gasteiger partial charge in [-0.25, -0.2) is 8.42 Å². The molecule has 2 rings (SSSR count). The zero-order chi connectivity index (χ0) is 20.0. The molecule has 1 amide bonds. The minimum absolute atomic E-state index is 0.0902. The van der Waals surface area contributed by atoms with Crippen LogP contribution in [0.15, 0.2) is 53.4 Å². The molecule has 6 nitrogen and oxygen atoms in total. The fourth-order valence-corrected chi connectivity index (χ4v) is 3.85. The molecule has 0 radical (unpaired) electrons. The van der Waals surface area contributed by atoms with Crippen molar-refractivity contribution in [2.45, 2.75) is 18.2 Å². The molecule has 0 atom stereocenters. The molecule has 1 N–H and O–H groups in total. The standard InChI is InChI=1S/C20H27N3O3S/c1-16-8-5-10-18(14-16)23(4)27(25,26)19-11-6-9-17(15-19)20(24)21-12-7-13-22(2)3/h5-6,8-11,14-15H,7,12-13H2,1-4H3,(H,21,24). The predicted molar refractivity (Wildman–Crippen MR) is 109 cm³/mol. The van der Waals surface area contributed by atoms with Crippen molar-refractivity contribution in [1.29, 1.82) is 0 Å². The molecule has 0 saturated heterocycles. The molecule has 0 heterocycles. The quantitative estimate of drug-likeness (QED) is 0.705. The molecule has 0 fully saturated rings. The van der Waals surface area contributed by atoms with Gasteiger partial charge >= 0.3 is 0 Å². The summed E-state index contributed by atoms with van der Waals surface area (Å²) in [5.74, 6) is -0.274. The normalized spacial score (nSPS) is 11.4. The van der Waals surface area contributed by atoms with Crippen LogP contribution < -0.4 is 9.62 Å². The fourth-order valence-electron chi connectivity index (χ4n) is 2.62. The van der Waals surface area contributed by atoms with Crippen molar-refractivity contribution < 1.29 is 13.2 Å². The Labute approximate surface area is 161 Å². The van der Waals surface area contributed by atoms with Gasteiger partial charge < -0.3 is 10.2 Å². The number of nitrogens with zero attached hydrogens (tertiary/aromatic N) is 2. The lowest BCUT2D eigenvalue weighted by molar-refractivity contribution is 0.0952. The maximum Gasteiger partial charge on any atom is 0.264 e. The number of amides is 1. The SMILES string of the molecule is Cc1cccc(N(C)S(=O)(=O)c2cccc(C(=O)NCCCN(C)C)c2)c1. The van der Waals surface area contributed by atoms with Gasteiger partial charge in [-0.15, -0.1) is 0 Å². The number of rotatable bonds is 8. The molecular formula is C20H27N3O3S. The van der Waals surface area contributed by atoms with Crippen molar-refractivity contribution in [3.8, 4) is 0 Å². The average Bonchev–Trinajstić information content (AvgIpc) is 2.64. The first kappa shape index (κ1) is 20.9. The first-order valence-electron chi connectivity index (χ1n) is 8.80. The topological polar surface area (TPSA) is 69.7 Å². The van der Waals surface area contributed by atoms with E-state index in [4.69, 9.17) is 0 Å². The van der Waals surface area contributed by atoms with E-state index in [1.54, 1.807) is 24.3 Å². The highest BCUT2D eigenvalue weighted by molar-refractivity contribution is 7.92. The Bertz CT molecular complexity index is 895. The predicted octanol–water partition coefficient (Wildman–Crippen LogP) is 2.50. The van der Waals surface area contributed by atoms with Gasteiger partial charge in [-0.3, -0.25) is 9.10 Å². The Hall–Kier alpha value is -2.38. The highest BCUT2D eigenvalue weighted by Gasteiger charge is 2.22. The first-order chi connectivity index (χ1) is 12.7. The van der Waals surface area contributed by atoms with Crippen LogP contribution in [-0.2, 0) is 10.0 Å². The maximum atomic E-state index is 12.9. The van der Waals surface area contributed by atoms with Gasteiger partial charge in [0.2, 0.25) is 0 Å². The highest BCUT2D eigenvalue weighted by Crippen LogP contribution is 2.23. The van der Waals surface area contributed by atoms with E-state index in [1.165, 1.54) is 23.5 Å². The van der Waals surface area contributed by atoms with Gasteiger partial charge in [0.15, 0.2) is 0 Å². The zero-order valence-corrected chi connectivity index (χ0v) is 17.1. The van der Waals surface area contributed by atoms with Crippen molar-refractivity contribution in [2.75, 3.05) is 38.5 Å². The number of nitrogens with one attached hydrogen (secondary N) is 1. The molecule has 0 unspecified atom stereocenters. The summed E-state index contributed by atoms with van der Waals surface area (Å²) in [6.07, 6.45) is 0.826. The van der Waals surface area contributed by atoms with Crippen molar-refractivity contribution in [2.24, 2.45) is 0 Å². The van der Waals surface area contributed by atoms with Gasteiger partial charge in [0.1, 0.15) is 0 Å². The van der Waals surface area contributed by atoms with E-state index in [2.05, 4.69) is 5.32 Å². The number of sulfonamides is 1. The van der Waals surface area contributed by atoms with Gasteiger partial charge in [-0.2, -0.15) is 0 Å². The van der Waals surface area contributed by atoms with Crippen LogP contribution >= 0.6 is 0 Å².